The van der Waals surface area contributed by atoms with E-state index in [9.17, 15) is 8.78 Å². The molecule has 0 aliphatic carbocycles. The summed E-state index contributed by atoms with van der Waals surface area (Å²) < 4.78 is 49.4. The summed E-state index contributed by atoms with van der Waals surface area (Å²) in [7, 11) is 1.64. The quantitative estimate of drug-likeness (QED) is 0.319. The van der Waals surface area contributed by atoms with E-state index >= 15 is 0 Å². The summed E-state index contributed by atoms with van der Waals surface area (Å²) in [6.07, 6.45) is 2.19. The summed E-state index contributed by atoms with van der Waals surface area (Å²) in [6, 6.07) is 21.4. The fraction of sp³-hybridized carbons (Fsp3) is 0.452. The number of morpholine rings is 1. The van der Waals surface area contributed by atoms with Gasteiger partial charge in [-0.25, -0.2) is 0 Å². The van der Waals surface area contributed by atoms with Gasteiger partial charge in [-0.2, -0.15) is 13.8 Å². The molecular formula is C31H37F2N3O4. The number of rotatable bonds is 10. The number of anilines is 2. The highest BCUT2D eigenvalue weighted by molar-refractivity contribution is 5.59. The van der Waals surface area contributed by atoms with Crippen LogP contribution in [0.4, 0.5) is 20.3 Å². The Balaban J connectivity index is 1.48. The number of ether oxygens (including phenoxy) is 4. The molecule has 2 fully saturated rings. The molecular weight excluding hydrogens is 516 g/mol. The Morgan fingerprint density at radius 2 is 1.73 bits per heavy atom. The van der Waals surface area contributed by atoms with Gasteiger partial charge in [0.05, 0.1) is 32.5 Å². The first-order valence-electron chi connectivity index (χ1n) is 13.9. The summed E-state index contributed by atoms with van der Waals surface area (Å²) in [5.41, 5.74) is 3.04. The predicted molar refractivity (Wildman–Crippen MR) is 151 cm³/mol. The second-order valence-corrected chi connectivity index (χ2v) is 10.1. The van der Waals surface area contributed by atoms with Crippen molar-refractivity contribution in [1.82, 2.24) is 4.98 Å². The SMILES string of the molecule is COc1ccc(COc2cc(N3CCOCC3)cc(N3CCCC[C@@H](OC(F)F)[C@@H]3Cc3ccccc3)n2)cc1. The van der Waals surface area contributed by atoms with Crippen LogP contribution in [-0.4, -0.2) is 63.7 Å². The van der Waals surface area contributed by atoms with Crippen LogP contribution in [0.15, 0.2) is 66.7 Å². The van der Waals surface area contributed by atoms with Gasteiger partial charge in [-0.3, -0.25) is 0 Å². The van der Waals surface area contributed by atoms with Crippen LogP contribution in [0, 0.1) is 0 Å². The van der Waals surface area contributed by atoms with E-state index in [1.807, 2.05) is 66.7 Å². The third-order valence-corrected chi connectivity index (χ3v) is 7.52. The number of pyridine rings is 1. The van der Waals surface area contributed by atoms with Gasteiger partial charge in [0.25, 0.3) is 0 Å². The fourth-order valence-electron chi connectivity index (χ4n) is 5.44. The predicted octanol–water partition coefficient (Wildman–Crippen LogP) is 5.72. The van der Waals surface area contributed by atoms with E-state index in [0.29, 0.717) is 50.9 Å². The maximum Gasteiger partial charge on any atom is 0.345 e. The minimum Gasteiger partial charge on any atom is -0.497 e. The molecule has 2 atom stereocenters. The second-order valence-electron chi connectivity index (χ2n) is 10.1. The first kappa shape index (κ1) is 28.1. The van der Waals surface area contributed by atoms with E-state index in [1.165, 1.54) is 0 Å². The fourth-order valence-corrected chi connectivity index (χ4v) is 5.44. The van der Waals surface area contributed by atoms with Crippen molar-refractivity contribution in [1.29, 1.82) is 0 Å². The number of hydrogen-bond acceptors (Lipinski definition) is 7. The zero-order valence-corrected chi connectivity index (χ0v) is 22.9. The monoisotopic (exact) mass is 553 g/mol. The van der Waals surface area contributed by atoms with Crippen molar-refractivity contribution in [2.45, 2.75) is 51.0 Å². The standard InChI is InChI=1S/C31H37F2N3O4/c1-37-26-12-10-24(11-13-26)22-39-30-21-25(35-15-17-38-18-16-35)20-29(34-30)36-14-6-5-9-28(40-31(32)33)27(36)19-23-7-3-2-4-8-23/h2-4,7-8,10-13,20-21,27-28,31H,5-6,9,14-19,22H2,1H3/t27-,28+/m0/s1. The Labute approximate surface area is 234 Å². The molecule has 0 spiro atoms. The first-order valence-corrected chi connectivity index (χ1v) is 13.9. The molecule has 5 rings (SSSR count). The summed E-state index contributed by atoms with van der Waals surface area (Å²) >= 11 is 0. The number of alkyl halides is 2. The Bertz CT molecular complexity index is 1190. The molecule has 40 heavy (non-hydrogen) atoms. The van der Waals surface area contributed by atoms with Gasteiger partial charge < -0.3 is 28.7 Å². The Morgan fingerprint density at radius 1 is 0.950 bits per heavy atom. The normalized spacial score (nSPS) is 19.9. The molecule has 2 aliphatic rings. The lowest BCUT2D eigenvalue weighted by Crippen LogP contribution is -2.46. The summed E-state index contributed by atoms with van der Waals surface area (Å²) in [5, 5.41) is 0. The van der Waals surface area contributed by atoms with E-state index in [-0.39, 0.29) is 6.04 Å². The van der Waals surface area contributed by atoms with Crippen molar-refractivity contribution in [2.24, 2.45) is 0 Å². The van der Waals surface area contributed by atoms with Crippen LogP contribution in [0.5, 0.6) is 11.6 Å². The van der Waals surface area contributed by atoms with Crippen LogP contribution >= 0.6 is 0 Å². The molecule has 0 saturated carbocycles. The zero-order chi connectivity index (χ0) is 27.7. The van der Waals surface area contributed by atoms with Gasteiger partial charge >= 0.3 is 6.61 Å². The van der Waals surface area contributed by atoms with Crippen molar-refractivity contribution in [3.05, 3.63) is 77.9 Å². The summed E-state index contributed by atoms with van der Waals surface area (Å²) in [6.45, 7) is 0.998. The molecule has 2 saturated heterocycles. The van der Waals surface area contributed by atoms with Gasteiger partial charge in [0.2, 0.25) is 5.88 Å². The topological polar surface area (TPSA) is 56.3 Å². The number of benzene rings is 2. The molecule has 9 heteroatoms. The minimum absolute atomic E-state index is 0.305. The van der Waals surface area contributed by atoms with Gasteiger partial charge in [-0.05, 0) is 48.9 Å². The van der Waals surface area contributed by atoms with E-state index in [2.05, 4.69) is 9.80 Å². The van der Waals surface area contributed by atoms with E-state index < -0.39 is 12.7 Å². The van der Waals surface area contributed by atoms with Crippen molar-refractivity contribution in [2.75, 3.05) is 49.8 Å². The molecule has 7 nitrogen and oxygen atoms in total. The Kier molecular flexibility index (Phi) is 9.67. The van der Waals surface area contributed by atoms with Crippen LogP contribution < -0.4 is 19.3 Å². The summed E-state index contributed by atoms with van der Waals surface area (Å²) in [4.78, 5) is 9.33. The highest BCUT2D eigenvalue weighted by Gasteiger charge is 2.34. The molecule has 2 aliphatic heterocycles. The minimum atomic E-state index is -2.83. The largest absolute Gasteiger partial charge is 0.497 e. The Morgan fingerprint density at radius 3 is 2.45 bits per heavy atom. The van der Waals surface area contributed by atoms with E-state index in [0.717, 1.165) is 48.5 Å². The number of nitrogens with zero attached hydrogens (tertiary/aromatic N) is 3. The molecule has 3 heterocycles. The van der Waals surface area contributed by atoms with Gasteiger partial charge in [-0.1, -0.05) is 42.5 Å². The highest BCUT2D eigenvalue weighted by Crippen LogP contribution is 2.33. The average molecular weight is 554 g/mol. The maximum atomic E-state index is 13.6. The average Bonchev–Trinajstić information content (AvgIpc) is 3.18. The number of aromatic nitrogens is 1. The summed E-state index contributed by atoms with van der Waals surface area (Å²) in [5.74, 6) is 1.98. The highest BCUT2D eigenvalue weighted by atomic mass is 19.3. The lowest BCUT2D eigenvalue weighted by molar-refractivity contribution is -0.169. The lowest BCUT2D eigenvalue weighted by atomic mass is 9.98. The molecule has 0 bridgehead atoms. The molecule has 3 aromatic rings. The first-order chi connectivity index (χ1) is 19.6. The molecule has 2 aromatic carbocycles. The van der Waals surface area contributed by atoms with Gasteiger partial charge in [0, 0.05) is 37.5 Å². The molecule has 0 amide bonds. The molecule has 0 unspecified atom stereocenters. The van der Waals surface area contributed by atoms with Crippen LogP contribution in [-0.2, 0) is 22.5 Å². The maximum absolute atomic E-state index is 13.6. The third-order valence-electron chi connectivity index (χ3n) is 7.52. The number of methoxy groups -OCH3 is 1. The van der Waals surface area contributed by atoms with Gasteiger partial charge in [0.1, 0.15) is 18.2 Å². The molecule has 0 radical (unpaired) electrons. The van der Waals surface area contributed by atoms with Crippen molar-refractivity contribution in [3.8, 4) is 11.6 Å². The van der Waals surface area contributed by atoms with Crippen molar-refractivity contribution < 1.29 is 27.7 Å². The van der Waals surface area contributed by atoms with Crippen molar-refractivity contribution in [3.63, 3.8) is 0 Å². The van der Waals surface area contributed by atoms with E-state index in [4.69, 9.17) is 23.9 Å². The Hall–Kier alpha value is -3.43. The van der Waals surface area contributed by atoms with Crippen molar-refractivity contribution >= 4 is 11.5 Å². The van der Waals surface area contributed by atoms with Crippen LogP contribution in [0.2, 0.25) is 0 Å². The number of halogens is 2. The van der Waals surface area contributed by atoms with Crippen LogP contribution in [0.1, 0.15) is 30.4 Å². The second kappa shape index (κ2) is 13.8. The van der Waals surface area contributed by atoms with E-state index in [1.54, 1.807) is 7.11 Å². The molecule has 0 N–H and O–H groups in total. The lowest BCUT2D eigenvalue weighted by Gasteiger charge is -2.37. The molecule has 1 aromatic heterocycles. The van der Waals surface area contributed by atoms with Gasteiger partial charge in [0.15, 0.2) is 0 Å². The van der Waals surface area contributed by atoms with Crippen LogP contribution in [0.3, 0.4) is 0 Å². The van der Waals surface area contributed by atoms with Gasteiger partial charge in [-0.15, -0.1) is 0 Å². The zero-order valence-electron chi connectivity index (χ0n) is 22.9. The third kappa shape index (κ3) is 7.40. The van der Waals surface area contributed by atoms with Crippen LogP contribution in [0.25, 0.3) is 0 Å². The smallest absolute Gasteiger partial charge is 0.345 e. The molecule has 214 valence electrons. The number of hydrogen-bond donors (Lipinski definition) is 0.